The van der Waals surface area contributed by atoms with E-state index in [2.05, 4.69) is 0 Å². The van der Waals surface area contributed by atoms with Gasteiger partial charge in [-0.25, -0.2) is 0 Å². The average molecular weight is 132 g/mol. The van der Waals surface area contributed by atoms with Crippen molar-refractivity contribution in [3.8, 4) is 0 Å². The van der Waals surface area contributed by atoms with Crippen LogP contribution in [0.5, 0.6) is 0 Å². The van der Waals surface area contributed by atoms with Gasteiger partial charge in [0.15, 0.2) is 17.4 Å². The van der Waals surface area contributed by atoms with Crippen molar-refractivity contribution in [2.75, 3.05) is 0 Å². The Labute approximate surface area is 49.4 Å². The Hall–Kier alpha value is 0.815. The Morgan fingerprint density at radius 2 is 1.00 bits per heavy atom. The van der Waals surface area contributed by atoms with Crippen LogP contribution in [0, 0.1) is 0 Å². The quantitative estimate of drug-likeness (QED) is 0.373. The van der Waals surface area contributed by atoms with Crippen LogP contribution in [-0.4, -0.2) is 38.4 Å². The van der Waals surface area contributed by atoms with Gasteiger partial charge in [-0.3, -0.25) is 0 Å². The van der Waals surface area contributed by atoms with Crippen molar-refractivity contribution in [2.45, 2.75) is 0 Å². The van der Waals surface area contributed by atoms with Crippen LogP contribution in [-0.2, 0) is 0 Å². The summed E-state index contributed by atoms with van der Waals surface area (Å²) in [5, 5.41) is 0. The molecule has 6 heavy (non-hydrogen) atoms. The van der Waals surface area contributed by atoms with E-state index in [-0.39, 0.29) is 22.8 Å². The zero-order valence-corrected chi connectivity index (χ0v) is 3.37. The molecule has 2 N–H and O–H groups in total. The van der Waals surface area contributed by atoms with E-state index in [9.17, 15) is 10.6 Å². The molecule has 0 fully saturated rings. The topological polar surface area (TPSA) is 31.5 Å². The van der Waals surface area contributed by atoms with E-state index in [0.717, 1.165) is 0 Å². The third-order valence-corrected chi connectivity index (χ3v) is 0. The molecule has 6 heteroatoms. The number of halogens is 3. The van der Waals surface area contributed by atoms with E-state index >= 15 is 0 Å². The first-order valence-corrected chi connectivity index (χ1v) is 1.96. The lowest BCUT2D eigenvalue weighted by Gasteiger charge is -1.52. The van der Waals surface area contributed by atoms with Crippen molar-refractivity contribution in [1.29, 1.82) is 0 Å². The minimum Gasteiger partial charge on any atom is -0.412 e. The maximum absolute atomic E-state index is 9.81. The fraction of sp³-hybridized carbons (Fsp3) is 0. The third-order valence-electron chi connectivity index (χ3n) is 0. The molecule has 0 rings (SSSR count). The molecule has 0 aliphatic rings. The molecule has 0 aliphatic carbocycles. The molecule has 0 bridgehead atoms. The number of rotatable bonds is 0. The fourth-order valence-corrected chi connectivity index (χ4v) is 0. The van der Waals surface area contributed by atoms with Gasteiger partial charge >= 0.3 is 15.5 Å². The molecule has 0 saturated carbocycles. The summed E-state index contributed by atoms with van der Waals surface area (Å²) in [6.07, 6.45) is 0. The minimum absolute atomic E-state index is 0. The summed E-state index contributed by atoms with van der Waals surface area (Å²) in [7, 11) is 0. The van der Waals surface area contributed by atoms with E-state index in [1.807, 2.05) is 0 Å². The molecule has 0 amide bonds. The Balaban J connectivity index is -0.0000000450. The molecule has 0 unspecified atom stereocenters. The van der Waals surface area contributed by atoms with E-state index in [1.165, 1.54) is 0 Å². The van der Waals surface area contributed by atoms with Gasteiger partial charge in [-0.15, -0.1) is 0 Å². The Morgan fingerprint density at radius 1 is 1.00 bits per heavy atom. The van der Waals surface area contributed by atoms with E-state index in [0.29, 0.717) is 0 Å². The molecule has 0 aromatic rings. The molecule has 0 spiro atoms. The van der Waals surface area contributed by atoms with E-state index < -0.39 is 15.5 Å². The van der Waals surface area contributed by atoms with Crippen LogP contribution in [0.25, 0.3) is 0 Å². The van der Waals surface area contributed by atoms with Gasteiger partial charge in [0.05, 0.1) is 0 Å². The summed E-state index contributed by atoms with van der Waals surface area (Å²) in [6, 6.07) is 0. The summed E-state index contributed by atoms with van der Waals surface area (Å²) in [6.45, 7) is 0. The monoisotopic (exact) mass is 132 g/mol. The highest BCUT2D eigenvalue weighted by atomic mass is 27.3. The van der Waals surface area contributed by atoms with Gasteiger partial charge in [-0.1, -0.05) is 0 Å². The third kappa shape index (κ3) is 106. The molecule has 0 aromatic heterocycles. The van der Waals surface area contributed by atoms with Crippen LogP contribution in [0.3, 0.4) is 0 Å². The van der Waals surface area contributed by atoms with Crippen molar-refractivity contribution in [3.05, 3.63) is 0 Å². The first kappa shape index (κ1) is 15.8. The van der Waals surface area contributed by atoms with Crippen LogP contribution >= 0.6 is 0 Å². The summed E-state index contributed by atoms with van der Waals surface area (Å²) in [5.74, 6) is 0. The standard InChI is InChI=1S/2Al.3FH.H2O.3H/h;;3*1H;1H2;;;/q;+3;;;;;;;/p-3. The first-order valence-electron chi connectivity index (χ1n) is 0.655. The molecule has 38 valence electrons. The molecule has 0 aromatic carbocycles. The fourth-order valence-electron chi connectivity index (χ4n) is 0. The van der Waals surface area contributed by atoms with Crippen LogP contribution in [0.1, 0.15) is 0 Å². The van der Waals surface area contributed by atoms with Gasteiger partial charge in [-0.05, 0) is 0 Å². The smallest absolute Gasteiger partial charge is 0.412 e. The van der Waals surface area contributed by atoms with Crippen molar-refractivity contribution in [2.24, 2.45) is 0 Å². The Morgan fingerprint density at radius 3 is 1.00 bits per heavy atom. The van der Waals surface area contributed by atoms with Crippen molar-refractivity contribution >= 4 is 32.9 Å². The highest BCUT2D eigenvalue weighted by Gasteiger charge is 2.21. The lowest BCUT2D eigenvalue weighted by molar-refractivity contribution is 0.535. The maximum Gasteiger partial charge on any atom is 1.04 e. The van der Waals surface area contributed by atoms with Crippen molar-refractivity contribution in [3.63, 3.8) is 0 Å². The summed E-state index contributed by atoms with van der Waals surface area (Å²) >= 11 is -4.64. The summed E-state index contributed by atoms with van der Waals surface area (Å²) in [5.41, 5.74) is 0. The van der Waals surface area contributed by atoms with Crippen LogP contribution in [0.4, 0.5) is 10.6 Å². The minimum atomic E-state index is -4.64. The Kier molecular flexibility index (Phi) is 24.4. The van der Waals surface area contributed by atoms with Gasteiger partial charge in [0.25, 0.3) is 0 Å². The van der Waals surface area contributed by atoms with E-state index in [1.54, 1.807) is 0 Å². The molecular weight excluding hydrogens is 127 g/mol. The molecule has 1 nitrogen and oxygen atoms in total. The highest BCUT2D eigenvalue weighted by molar-refractivity contribution is 6.33. The molecule has 0 atom stereocenters. The largest absolute Gasteiger partial charge is 1.04 e. The second kappa shape index (κ2) is 9.26. The normalized spacial score (nSPS) is 4.50. The molecule has 0 heterocycles. The van der Waals surface area contributed by atoms with E-state index in [4.69, 9.17) is 0 Å². The zero-order chi connectivity index (χ0) is 3.58. The molecule has 0 saturated heterocycles. The summed E-state index contributed by atoms with van der Waals surface area (Å²) in [4.78, 5) is 0. The molecule has 0 aliphatic heterocycles. The van der Waals surface area contributed by atoms with Crippen molar-refractivity contribution < 1.29 is 16.0 Å². The highest BCUT2D eigenvalue weighted by Crippen LogP contribution is 1.80. The maximum atomic E-state index is 9.81. The van der Waals surface area contributed by atoms with Crippen molar-refractivity contribution in [1.82, 2.24) is 0 Å². The van der Waals surface area contributed by atoms with Gasteiger partial charge in [0.1, 0.15) is 0 Å². The van der Waals surface area contributed by atoms with Crippen LogP contribution in [0.15, 0.2) is 0 Å². The number of hydrogen-bond donors (Lipinski definition) is 0. The second-order valence-corrected chi connectivity index (χ2v) is 0.742. The zero-order valence-electron chi connectivity index (χ0n) is 2.21. The van der Waals surface area contributed by atoms with Crippen LogP contribution in [0.2, 0.25) is 0 Å². The summed E-state index contributed by atoms with van der Waals surface area (Å²) < 4.78 is 29.4. The van der Waals surface area contributed by atoms with Gasteiger partial charge in [0.2, 0.25) is 0 Å². The second-order valence-electron chi connectivity index (χ2n) is 0.247. The SMILES string of the molecule is O.[AlH3].[F][Al]([F])[F]. The van der Waals surface area contributed by atoms with Gasteiger partial charge < -0.3 is 16.0 Å². The van der Waals surface area contributed by atoms with Crippen LogP contribution < -0.4 is 0 Å². The molecule has 0 radical (unpaired) electrons. The average Bonchev–Trinajstić information content (AvgIpc) is 0.811. The molecular formula is H5Al2F3O. The Bertz CT molecular complexity index is 13.5. The lowest BCUT2D eigenvalue weighted by atomic mass is 16.0. The predicted octanol–water partition coefficient (Wildman–Crippen LogP) is -1.13. The first-order chi connectivity index (χ1) is 1.73. The lowest BCUT2D eigenvalue weighted by Crippen LogP contribution is -1.76. The predicted molar refractivity (Wildman–Crippen MR) is 22.6 cm³/mol. The van der Waals surface area contributed by atoms with Gasteiger partial charge in [0, 0.05) is 0 Å². The van der Waals surface area contributed by atoms with Gasteiger partial charge in [-0.2, -0.15) is 0 Å². The number of hydrogen-bond acceptors (Lipinski definition) is 0.